The van der Waals surface area contributed by atoms with Crippen molar-refractivity contribution in [1.82, 2.24) is 0 Å². The third-order valence-corrected chi connectivity index (χ3v) is 4.90. The second kappa shape index (κ2) is 3.76. The van der Waals surface area contributed by atoms with Gasteiger partial charge in [-0.05, 0) is 17.7 Å². The Balaban J connectivity index is 2.37. The molecule has 0 unspecified atom stereocenters. The lowest BCUT2D eigenvalue weighted by molar-refractivity contribution is 0.253. The van der Waals surface area contributed by atoms with Gasteiger partial charge in [0.1, 0.15) is 5.82 Å². The van der Waals surface area contributed by atoms with E-state index in [-0.39, 0.29) is 0 Å². The van der Waals surface area contributed by atoms with Crippen LogP contribution >= 0.6 is 0 Å². The fraction of sp³-hybridized carbons (Fsp3) is 0.455. The lowest BCUT2D eigenvalue weighted by Gasteiger charge is -2.06. The third-order valence-electron chi connectivity index (χ3n) is 3.27. The fourth-order valence-corrected chi connectivity index (χ4v) is 4.26. The predicted octanol–water partition coefficient (Wildman–Crippen LogP) is 0.0259. The Morgan fingerprint density at radius 2 is 1.94 bits per heavy atom. The first-order chi connectivity index (χ1) is 7.80. The largest absolute Gasteiger partial charge is 0.394 e. The molecule has 1 aliphatic rings. The Labute approximate surface area is 99.2 Å². The van der Waals surface area contributed by atoms with Crippen molar-refractivity contribution >= 4 is 9.84 Å². The summed E-state index contributed by atoms with van der Waals surface area (Å²) in [7, 11) is -3.34. The molecule has 94 valence electrons. The molecule has 0 saturated heterocycles. The Kier molecular flexibility index (Phi) is 2.76. The number of nitrogens with two attached hydrogens (primary N) is 1. The van der Waals surface area contributed by atoms with Gasteiger partial charge >= 0.3 is 0 Å². The minimum Gasteiger partial charge on any atom is -0.394 e. The molecule has 0 bridgehead atoms. The number of rotatable bonds is 3. The van der Waals surface area contributed by atoms with Gasteiger partial charge in [-0.15, -0.1) is 0 Å². The summed E-state index contributed by atoms with van der Waals surface area (Å²) in [6, 6.07) is 5.51. The first-order valence-corrected chi connectivity index (χ1v) is 7.10. The summed E-state index contributed by atoms with van der Waals surface area (Å²) in [5.74, 6) is -0.861. The van der Waals surface area contributed by atoms with Crippen LogP contribution in [0.4, 0.5) is 4.39 Å². The van der Waals surface area contributed by atoms with Crippen molar-refractivity contribution in [1.29, 1.82) is 0 Å². The van der Waals surface area contributed by atoms with E-state index in [4.69, 9.17) is 5.73 Å². The second-order valence-corrected chi connectivity index (χ2v) is 6.72. The van der Waals surface area contributed by atoms with Gasteiger partial charge in [-0.1, -0.05) is 12.1 Å². The van der Waals surface area contributed by atoms with Gasteiger partial charge < -0.3 is 10.8 Å². The highest BCUT2D eigenvalue weighted by Crippen LogP contribution is 2.53. The Hall–Kier alpha value is -0.980. The summed E-state index contributed by atoms with van der Waals surface area (Å²) in [5.41, 5.74) is 5.36. The molecule has 6 heteroatoms. The van der Waals surface area contributed by atoms with Crippen LogP contribution in [0.5, 0.6) is 0 Å². The molecule has 0 aromatic heterocycles. The molecule has 0 aliphatic heterocycles. The van der Waals surface area contributed by atoms with E-state index in [1.807, 2.05) is 0 Å². The molecule has 2 rings (SSSR count). The number of hydrogen-bond donors (Lipinski definition) is 2. The fourth-order valence-electron chi connectivity index (χ4n) is 2.41. The lowest BCUT2D eigenvalue weighted by atomic mass is 10.1. The van der Waals surface area contributed by atoms with E-state index in [2.05, 4.69) is 0 Å². The van der Waals surface area contributed by atoms with E-state index in [9.17, 15) is 17.9 Å². The van der Waals surface area contributed by atoms with Crippen LogP contribution in [0.1, 0.15) is 11.5 Å². The standard InChI is InChI=1S/C11H14FNO3S/c1-17(15,16)10-9(11(10,13)6-14)7-2-4-8(12)5-3-7/h2-5,9-10,14H,6,13H2,1H3/t9-,10-,11-/m1/s1. The molecule has 0 spiro atoms. The van der Waals surface area contributed by atoms with E-state index in [1.54, 1.807) is 0 Å². The topological polar surface area (TPSA) is 80.4 Å². The van der Waals surface area contributed by atoms with E-state index in [0.717, 1.165) is 6.26 Å². The molecule has 1 fully saturated rings. The Bertz CT molecular complexity index is 528. The number of aliphatic hydroxyl groups is 1. The first kappa shape index (κ1) is 12.5. The van der Waals surface area contributed by atoms with Crippen molar-refractivity contribution < 1.29 is 17.9 Å². The maximum Gasteiger partial charge on any atom is 0.152 e. The van der Waals surface area contributed by atoms with Gasteiger partial charge in [0.25, 0.3) is 0 Å². The maximum atomic E-state index is 12.8. The summed E-state index contributed by atoms with van der Waals surface area (Å²) in [6.45, 7) is -0.410. The Morgan fingerprint density at radius 1 is 1.41 bits per heavy atom. The number of benzene rings is 1. The molecule has 1 aromatic rings. The number of halogens is 1. The molecule has 17 heavy (non-hydrogen) atoms. The average molecular weight is 259 g/mol. The van der Waals surface area contributed by atoms with E-state index < -0.39 is 39.0 Å². The van der Waals surface area contributed by atoms with Crippen LogP contribution in [0.3, 0.4) is 0 Å². The third kappa shape index (κ3) is 1.96. The number of hydrogen-bond acceptors (Lipinski definition) is 4. The molecule has 0 amide bonds. The second-order valence-electron chi connectivity index (χ2n) is 4.55. The van der Waals surface area contributed by atoms with E-state index in [0.29, 0.717) is 5.56 Å². The molecule has 4 nitrogen and oxygen atoms in total. The summed E-state index contributed by atoms with van der Waals surface area (Å²) in [5, 5.41) is 8.42. The molecular weight excluding hydrogens is 245 g/mol. The summed E-state index contributed by atoms with van der Waals surface area (Å²) in [4.78, 5) is 0. The quantitative estimate of drug-likeness (QED) is 0.802. The zero-order valence-corrected chi connectivity index (χ0v) is 10.1. The SMILES string of the molecule is CS(=O)(=O)[C@@H]1[C@@H](c2ccc(F)cc2)[C@]1(N)CO. The van der Waals surface area contributed by atoms with Crippen molar-refractivity contribution in [2.45, 2.75) is 16.7 Å². The predicted molar refractivity (Wildman–Crippen MR) is 61.8 cm³/mol. The van der Waals surface area contributed by atoms with Crippen LogP contribution in [0, 0.1) is 5.82 Å². The zero-order valence-electron chi connectivity index (χ0n) is 9.30. The highest BCUT2D eigenvalue weighted by atomic mass is 32.2. The average Bonchev–Trinajstić information content (AvgIpc) is 2.87. The summed E-state index contributed by atoms with van der Waals surface area (Å²) >= 11 is 0. The van der Waals surface area contributed by atoms with Crippen molar-refractivity contribution in [3.05, 3.63) is 35.6 Å². The van der Waals surface area contributed by atoms with Crippen molar-refractivity contribution in [3.63, 3.8) is 0 Å². The number of aliphatic hydroxyl groups excluding tert-OH is 1. The van der Waals surface area contributed by atoms with Gasteiger partial charge in [-0.2, -0.15) is 0 Å². The molecule has 3 N–H and O–H groups in total. The molecule has 3 atom stereocenters. The van der Waals surface area contributed by atoms with Gasteiger partial charge in [-0.3, -0.25) is 0 Å². The van der Waals surface area contributed by atoms with Gasteiger partial charge in [-0.25, -0.2) is 12.8 Å². The minimum atomic E-state index is -3.34. The lowest BCUT2D eigenvalue weighted by Crippen LogP contribution is -2.34. The van der Waals surface area contributed by atoms with Crippen LogP contribution in [-0.2, 0) is 9.84 Å². The molecule has 1 aromatic carbocycles. The molecule has 0 heterocycles. The van der Waals surface area contributed by atoms with Crippen LogP contribution in [-0.4, -0.2) is 37.2 Å². The highest BCUT2D eigenvalue weighted by molar-refractivity contribution is 7.91. The minimum absolute atomic E-state index is 0.392. The van der Waals surface area contributed by atoms with Gasteiger partial charge in [0.05, 0.1) is 17.4 Å². The van der Waals surface area contributed by atoms with Gasteiger partial charge in [0.15, 0.2) is 9.84 Å². The van der Waals surface area contributed by atoms with E-state index in [1.165, 1.54) is 24.3 Å². The van der Waals surface area contributed by atoms with Gasteiger partial charge in [0, 0.05) is 12.2 Å². The normalized spacial score (nSPS) is 32.5. The Morgan fingerprint density at radius 3 is 2.29 bits per heavy atom. The zero-order chi connectivity index (χ0) is 12.8. The molecule has 1 saturated carbocycles. The molecule has 1 aliphatic carbocycles. The van der Waals surface area contributed by atoms with Crippen molar-refractivity contribution in [2.75, 3.05) is 12.9 Å². The van der Waals surface area contributed by atoms with E-state index >= 15 is 0 Å². The summed E-state index contributed by atoms with van der Waals surface area (Å²) < 4.78 is 35.9. The first-order valence-electron chi connectivity index (χ1n) is 5.15. The van der Waals surface area contributed by atoms with Crippen LogP contribution in [0.15, 0.2) is 24.3 Å². The number of sulfone groups is 1. The van der Waals surface area contributed by atoms with Crippen LogP contribution in [0.25, 0.3) is 0 Å². The molecule has 0 radical (unpaired) electrons. The smallest absolute Gasteiger partial charge is 0.152 e. The summed E-state index contributed by atoms with van der Waals surface area (Å²) in [6.07, 6.45) is 1.10. The monoisotopic (exact) mass is 259 g/mol. The van der Waals surface area contributed by atoms with Crippen molar-refractivity contribution in [3.8, 4) is 0 Å². The maximum absolute atomic E-state index is 12.8. The molecular formula is C11H14FNO3S. The van der Waals surface area contributed by atoms with Crippen molar-refractivity contribution in [2.24, 2.45) is 5.73 Å². The highest BCUT2D eigenvalue weighted by Gasteiger charge is 2.67. The van der Waals surface area contributed by atoms with Crippen LogP contribution in [0.2, 0.25) is 0 Å². The van der Waals surface area contributed by atoms with Crippen LogP contribution < -0.4 is 5.73 Å². The van der Waals surface area contributed by atoms with Gasteiger partial charge in [0.2, 0.25) is 0 Å².